The van der Waals surface area contributed by atoms with Gasteiger partial charge in [0.2, 0.25) is 11.8 Å². The van der Waals surface area contributed by atoms with E-state index in [1.54, 1.807) is 28.4 Å². The van der Waals surface area contributed by atoms with E-state index < -0.39 is 5.41 Å². The van der Waals surface area contributed by atoms with Crippen LogP contribution < -0.4 is 4.90 Å². The van der Waals surface area contributed by atoms with Crippen molar-refractivity contribution in [2.24, 2.45) is 17.5 Å². The Kier molecular flexibility index (Phi) is 7.13. The Bertz CT molecular complexity index is 1910. The molecule has 0 radical (unpaired) electrons. The molecule has 1 aromatic carbocycles. The predicted octanol–water partition coefficient (Wildman–Crippen LogP) is 4.17. The number of aromatic nitrogens is 4. The van der Waals surface area contributed by atoms with Crippen LogP contribution in [0.3, 0.4) is 0 Å². The fourth-order valence-corrected chi connectivity index (χ4v) is 8.12. The highest BCUT2D eigenvalue weighted by molar-refractivity contribution is 7.16. The number of fused-ring (bicyclic) bond motifs is 1. The third-order valence-corrected chi connectivity index (χ3v) is 10.8. The molecule has 234 valence electrons. The number of halogens is 1. The average Bonchev–Trinajstić information content (AvgIpc) is 3.91. The largest absolute Gasteiger partial charge is 0.338 e. The van der Waals surface area contributed by atoms with Gasteiger partial charge in [-0.1, -0.05) is 12.1 Å². The average molecular weight is 637 g/mol. The number of nitrogens with zero attached hydrogens (tertiary/aromatic N) is 8. The summed E-state index contributed by atoms with van der Waals surface area (Å²) in [4.78, 5) is 48.7. The van der Waals surface area contributed by atoms with Gasteiger partial charge in [-0.25, -0.2) is 9.37 Å². The number of amides is 2. The van der Waals surface area contributed by atoms with Crippen LogP contribution in [0.25, 0.3) is 16.3 Å². The van der Waals surface area contributed by atoms with Crippen molar-refractivity contribution in [1.82, 2.24) is 29.5 Å². The molecule has 4 aromatic rings. The van der Waals surface area contributed by atoms with Crippen molar-refractivity contribution in [2.75, 3.05) is 44.2 Å². The summed E-state index contributed by atoms with van der Waals surface area (Å²) in [6.07, 6.45) is 7.39. The molecule has 1 spiro atoms. The Hall–Kier alpha value is -4.55. The van der Waals surface area contributed by atoms with Crippen LogP contribution in [0.1, 0.15) is 41.0 Å². The van der Waals surface area contributed by atoms with Gasteiger partial charge >= 0.3 is 0 Å². The molecule has 0 aliphatic carbocycles. The number of hydrogen-bond donors (Lipinski definition) is 0. The van der Waals surface area contributed by atoms with Gasteiger partial charge in [-0.05, 0) is 73.3 Å². The first kappa shape index (κ1) is 28.9. The molecule has 2 saturated heterocycles. The van der Waals surface area contributed by atoms with Crippen LogP contribution in [0.4, 0.5) is 10.1 Å². The quantitative estimate of drug-likeness (QED) is 0.315. The van der Waals surface area contributed by atoms with E-state index in [4.69, 9.17) is 0 Å². The minimum absolute atomic E-state index is 0.110. The lowest BCUT2D eigenvalue weighted by molar-refractivity contribution is -0.132. The second-order valence-electron chi connectivity index (χ2n) is 12.5. The van der Waals surface area contributed by atoms with Crippen molar-refractivity contribution in [3.63, 3.8) is 0 Å². The van der Waals surface area contributed by atoms with E-state index in [1.807, 2.05) is 35.0 Å². The highest BCUT2D eigenvalue weighted by Crippen LogP contribution is 2.43. The maximum Gasteiger partial charge on any atom is 0.237 e. The highest BCUT2D eigenvalue weighted by Gasteiger charge is 2.51. The molecule has 8 rings (SSSR count). The summed E-state index contributed by atoms with van der Waals surface area (Å²) in [7, 11) is 1.86. The van der Waals surface area contributed by atoms with E-state index in [1.165, 1.54) is 22.7 Å². The van der Waals surface area contributed by atoms with E-state index in [0.717, 1.165) is 59.0 Å². The van der Waals surface area contributed by atoms with Crippen molar-refractivity contribution in [3.05, 3.63) is 88.6 Å². The van der Waals surface area contributed by atoms with Gasteiger partial charge in [0, 0.05) is 49.4 Å². The van der Waals surface area contributed by atoms with Gasteiger partial charge in [0.25, 0.3) is 0 Å². The van der Waals surface area contributed by atoms with Crippen LogP contribution in [0, 0.1) is 11.2 Å². The second kappa shape index (κ2) is 11.4. The summed E-state index contributed by atoms with van der Waals surface area (Å²) in [5, 5.41) is 4.40. The van der Waals surface area contributed by atoms with E-state index in [-0.39, 0.29) is 17.6 Å². The second-order valence-corrected chi connectivity index (χ2v) is 13.6. The number of benzene rings is 1. The van der Waals surface area contributed by atoms with Gasteiger partial charge in [-0.15, -0.1) is 11.3 Å². The molecule has 4 aliphatic heterocycles. The van der Waals surface area contributed by atoms with Crippen LogP contribution >= 0.6 is 11.3 Å². The van der Waals surface area contributed by atoms with Crippen LogP contribution in [0.15, 0.2) is 66.1 Å². The molecule has 3 aromatic heterocycles. The number of hydrogen-bond acceptors (Lipinski definition) is 8. The van der Waals surface area contributed by atoms with Crippen molar-refractivity contribution in [1.29, 1.82) is 0 Å². The minimum Gasteiger partial charge on any atom is -0.338 e. The molecule has 7 heterocycles. The van der Waals surface area contributed by atoms with Crippen LogP contribution in [0.2, 0.25) is 0 Å². The normalized spacial score (nSPS) is 21.3. The maximum absolute atomic E-state index is 13.9. The van der Waals surface area contributed by atoms with E-state index in [9.17, 15) is 14.0 Å². The van der Waals surface area contributed by atoms with E-state index >= 15 is 0 Å². The fourth-order valence-electron chi connectivity index (χ4n) is 7.11. The number of carbonyl (C=O) groups is 2. The summed E-state index contributed by atoms with van der Waals surface area (Å²) in [5.41, 5.74) is 4.99. The summed E-state index contributed by atoms with van der Waals surface area (Å²) in [6.45, 7) is 4.11. The third kappa shape index (κ3) is 5.15. The zero-order chi connectivity index (χ0) is 31.4. The molecule has 0 saturated carbocycles. The molecular weight excluding hydrogens is 603 g/mol. The standard InChI is InChI=1S/C34H33FN8O2S/c1-40-21-38-32(39-40)29-7-6-28(46-29)22-8-12-42(13-9-22)30(44)19-41-14-10-34(20-41)11-15-43(33(34)45)25-4-2-23-17-37-31(26(23)16-25)27-5-3-24(35)18-36-27/h2-8,16,18,21H,9-15,17,19-20H2,1H3/t34-/m0/s1. The van der Waals surface area contributed by atoms with Gasteiger partial charge in [0.15, 0.2) is 5.82 Å². The van der Waals surface area contributed by atoms with E-state index in [2.05, 4.69) is 43.2 Å². The Morgan fingerprint density at radius 3 is 2.70 bits per heavy atom. The molecule has 2 fully saturated rings. The first-order chi connectivity index (χ1) is 22.3. The van der Waals surface area contributed by atoms with Crippen molar-refractivity contribution in [3.8, 4) is 10.7 Å². The highest BCUT2D eigenvalue weighted by atomic mass is 32.1. The lowest BCUT2D eigenvalue weighted by Crippen LogP contribution is -2.43. The predicted molar refractivity (Wildman–Crippen MR) is 174 cm³/mol. The maximum atomic E-state index is 13.9. The molecule has 0 unspecified atom stereocenters. The van der Waals surface area contributed by atoms with Crippen LogP contribution in [-0.2, 0) is 23.2 Å². The van der Waals surface area contributed by atoms with Gasteiger partial charge in [-0.3, -0.25) is 29.1 Å². The van der Waals surface area contributed by atoms with Gasteiger partial charge in [0.05, 0.1) is 41.0 Å². The molecule has 2 amide bonds. The number of carbonyl (C=O) groups excluding carboxylic acids is 2. The number of likely N-dealkylation sites (tertiary alicyclic amines) is 1. The Balaban J connectivity index is 0.891. The first-order valence-corrected chi connectivity index (χ1v) is 16.4. The van der Waals surface area contributed by atoms with Gasteiger partial charge in [-0.2, -0.15) is 5.10 Å². The fraction of sp³-hybridized carbons (Fsp3) is 0.353. The molecule has 12 heteroatoms. The van der Waals surface area contributed by atoms with Gasteiger partial charge in [0.1, 0.15) is 12.1 Å². The zero-order valence-corrected chi connectivity index (χ0v) is 26.3. The first-order valence-electron chi connectivity index (χ1n) is 15.6. The lowest BCUT2D eigenvalue weighted by Gasteiger charge is -2.29. The Labute approximate surface area is 269 Å². The van der Waals surface area contributed by atoms with Crippen molar-refractivity contribution in [2.45, 2.75) is 25.8 Å². The van der Waals surface area contributed by atoms with Crippen molar-refractivity contribution < 1.29 is 14.0 Å². The number of aryl methyl sites for hydroxylation is 1. The molecule has 0 bridgehead atoms. The number of aliphatic imine (C=N–C) groups is 1. The number of pyridine rings is 1. The molecular formula is C34H33FN8O2S. The monoisotopic (exact) mass is 636 g/mol. The zero-order valence-electron chi connectivity index (χ0n) is 25.5. The molecule has 1 atom stereocenters. The summed E-state index contributed by atoms with van der Waals surface area (Å²) < 4.78 is 15.2. The smallest absolute Gasteiger partial charge is 0.237 e. The SMILES string of the molecule is Cn1cnc(-c2ccc(C3=CCN(C(=O)CN4CC[C@]5(CCN(c6ccc7c(c6)C(c6ccc(F)cn6)=NC7)C5=O)C4)CC3)s2)n1. The lowest BCUT2D eigenvalue weighted by atomic mass is 9.85. The number of anilines is 1. The molecule has 4 aliphatic rings. The van der Waals surface area contributed by atoms with Crippen LogP contribution in [0.5, 0.6) is 0 Å². The summed E-state index contributed by atoms with van der Waals surface area (Å²) >= 11 is 1.68. The van der Waals surface area contributed by atoms with Gasteiger partial charge < -0.3 is 9.80 Å². The summed E-state index contributed by atoms with van der Waals surface area (Å²) in [5.74, 6) is 0.579. The molecule has 10 nitrogen and oxygen atoms in total. The minimum atomic E-state index is -0.469. The van der Waals surface area contributed by atoms with Crippen LogP contribution in [-0.4, -0.2) is 86.3 Å². The van der Waals surface area contributed by atoms with E-state index in [0.29, 0.717) is 45.0 Å². The topological polar surface area (TPSA) is 99.8 Å². The Morgan fingerprint density at radius 2 is 1.91 bits per heavy atom. The summed E-state index contributed by atoms with van der Waals surface area (Å²) in [6, 6.07) is 13.2. The van der Waals surface area contributed by atoms with Crippen molar-refractivity contribution >= 4 is 40.1 Å². The molecule has 46 heavy (non-hydrogen) atoms. The molecule has 0 N–H and O–H groups in total. The number of rotatable bonds is 6. The number of thiophene rings is 1. The third-order valence-electron chi connectivity index (χ3n) is 9.65. The Morgan fingerprint density at radius 1 is 1.04 bits per heavy atom.